The number of fused-ring (bicyclic) bond motifs is 2. The fraction of sp³-hybridized carbons (Fsp3) is 0.231. The first-order valence-corrected chi connectivity index (χ1v) is 11.9. The molecular weight excluding hydrogens is 448 g/mol. The molecule has 172 valence electrons. The Balaban J connectivity index is 1.37. The molecule has 0 saturated heterocycles. The van der Waals surface area contributed by atoms with Gasteiger partial charge in [0.2, 0.25) is 0 Å². The lowest BCUT2D eigenvalue weighted by molar-refractivity contribution is 0.0767. The van der Waals surface area contributed by atoms with E-state index in [0.29, 0.717) is 46.1 Å². The zero-order chi connectivity index (χ0) is 23.8. The van der Waals surface area contributed by atoms with E-state index in [0.717, 1.165) is 16.7 Å². The number of nitrogens with one attached hydrogen (secondary N) is 2. The van der Waals surface area contributed by atoms with Crippen molar-refractivity contribution in [3.63, 3.8) is 0 Å². The number of carbonyl (C=O) groups is 2. The van der Waals surface area contributed by atoms with Gasteiger partial charge in [-0.2, -0.15) is 0 Å². The maximum Gasteiger partial charge on any atom is 0.261 e. The summed E-state index contributed by atoms with van der Waals surface area (Å²) in [4.78, 5) is 48.4. The van der Waals surface area contributed by atoms with Crippen LogP contribution in [0.15, 0.2) is 59.4 Å². The van der Waals surface area contributed by atoms with Crippen LogP contribution in [0.4, 0.5) is 0 Å². The van der Waals surface area contributed by atoms with Crippen molar-refractivity contribution in [3.8, 4) is 0 Å². The van der Waals surface area contributed by atoms with Crippen LogP contribution in [-0.2, 0) is 6.54 Å². The van der Waals surface area contributed by atoms with Gasteiger partial charge in [-0.25, -0.2) is 4.98 Å². The quantitative estimate of drug-likeness (QED) is 0.447. The highest BCUT2D eigenvalue weighted by Crippen LogP contribution is 2.28. The largest absolute Gasteiger partial charge is 0.351 e. The van der Waals surface area contributed by atoms with Crippen molar-refractivity contribution in [1.82, 2.24) is 20.2 Å². The second-order valence-electron chi connectivity index (χ2n) is 8.55. The third kappa shape index (κ3) is 4.01. The number of thiophene rings is 1. The van der Waals surface area contributed by atoms with Gasteiger partial charge in [0.1, 0.15) is 10.7 Å². The van der Waals surface area contributed by atoms with Gasteiger partial charge in [0.05, 0.1) is 10.3 Å². The SMILES string of the molecule is Cc1nc2sc(C(=O)NCC(CN3Cc4ccccc4C3=O)c3ccccc3)c(C)c2c(=O)[nH]1. The minimum Gasteiger partial charge on any atom is -0.351 e. The van der Waals surface area contributed by atoms with Gasteiger partial charge in [-0.1, -0.05) is 48.5 Å². The summed E-state index contributed by atoms with van der Waals surface area (Å²) in [7, 11) is 0. The second kappa shape index (κ2) is 8.87. The van der Waals surface area contributed by atoms with Gasteiger partial charge in [-0.15, -0.1) is 11.3 Å². The molecule has 2 aromatic carbocycles. The maximum absolute atomic E-state index is 13.1. The van der Waals surface area contributed by atoms with Crippen LogP contribution < -0.4 is 10.9 Å². The topological polar surface area (TPSA) is 95.2 Å². The Kier molecular flexibility index (Phi) is 5.75. The lowest BCUT2D eigenvalue weighted by Crippen LogP contribution is -2.35. The number of amides is 2. The highest BCUT2D eigenvalue weighted by molar-refractivity contribution is 7.20. The van der Waals surface area contributed by atoms with Gasteiger partial charge in [0, 0.05) is 31.1 Å². The fourth-order valence-electron chi connectivity index (χ4n) is 4.51. The number of benzene rings is 2. The molecule has 0 radical (unpaired) electrons. The average Bonchev–Trinajstić information content (AvgIpc) is 3.33. The minimum atomic E-state index is -0.241. The van der Waals surface area contributed by atoms with E-state index in [1.165, 1.54) is 11.3 Å². The smallest absolute Gasteiger partial charge is 0.261 e. The zero-order valence-corrected chi connectivity index (χ0v) is 19.7. The van der Waals surface area contributed by atoms with E-state index >= 15 is 0 Å². The summed E-state index contributed by atoms with van der Waals surface area (Å²) in [6, 6.07) is 17.6. The molecule has 5 rings (SSSR count). The van der Waals surface area contributed by atoms with Crippen LogP contribution in [-0.4, -0.2) is 39.8 Å². The summed E-state index contributed by atoms with van der Waals surface area (Å²) in [5, 5.41) is 3.50. The molecule has 1 atom stereocenters. The van der Waals surface area contributed by atoms with Crippen LogP contribution in [0.3, 0.4) is 0 Å². The summed E-state index contributed by atoms with van der Waals surface area (Å²) in [6.07, 6.45) is 0. The number of nitrogens with zero attached hydrogens (tertiary/aromatic N) is 2. The van der Waals surface area contributed by atoms with Crippen molar-refractivity contribution in [2.45, 2.75) is 26.3 Å². The molecule has 4 aromatic rings. The van der Waals surface area contributed by atoms with E-state index in [1.807, 2.05) is 59.5 Å². The standard InChI is InChI=1S/C26H24N4O3S/c1-15-21-23(31)28-16(2)29-25(21)34-22(15)24(32)27-12-19(17-8-4-3-5-9-17)14-30-13-18-10-6-7-11-20(18)26(30)33/h3-11,19H,12-14H2,1-2H3,(H,27,32)(H,28,29,31). The molecule has 8 heteroatoms. The van der Waals surface area contributed by atoms with Crippen LogP contribution >= 0.6 is 11.3 Å². The second-order valence-corrected chi connectivity index (χ2v) is 9.55. The highest BCUT2D eigenvalue weighted by Gasteiger charge is 2.29. The summed E-state index contributed by atoms with van der Waals surface area (Å²) < 4.78 is 0. The molecule has 3 heterocycles. The number of hydrogen-bond donors (Lipinski definition) is 2. The fourth-order valence-corrected chi connectivity index (χ4v) is 5.65. The highest BCUT2D eigenvalue weighted by atomic mass is 32.1. The Hall–Kier alpha value is -3.78. The first-order chi connectivity index (χ1) is 16.4. The van der Waals surface area contributed by atoms with Crippen LogP contribution in [0.2, 0.25) is 0 Å². The summed E-state index contributed by atoms with van der Waals surface area (Å²) in [5.74, 6) is 0.214. The monoisotopic (exact) mass is 472 g/mol. The van der Waals surface area contributed by atoms with Crippen LogP contribution in [0, 0.1) is 13.8 Å². The van der Waals surface area contributed by atoms with Crippen molar-refractivity contribution in [2.75, 3.05) is 13.1 Å². The van der Waals surface area contributed by atoms with Gasteiger partial charge in [0.15, 0.2) is 0 Å². The van der Waals surface area contributed by atoms with Gasteiger partial charge in [-0.3, -0.25) is 14.4 Å². The van der Waals surface area contributed by atoms with Crippen molar-refractivity contribution >= 4 is 33.4 Å². The van der Waals surface area contributed by atoms with Crippen LogP contribution in [0.1, 0.15) is 48.5 Å². The molecule has 0 bridgehead atoms. The molecule has 7 nitrogen and oxygen atoms in total. The predicted octanol–water partition coefficient (Wildman–Crippen LogP) is 3.77. The van der Waals surface area contributed by atoms with E-state index < -0.39 is 0 Å². The lowest BCUT2D eigenvalue weighted by atomic mass is 9.98. The van der Waals surface area contributed by atoms with Crippen molar-refractivity contribution in [1.29, 1.82) is 0 Å². The number of H-pyrrole nitrogens is 1. The van der Waals surface area contributed by atoms with Crippen molar-refractivity contribution < 1.29 is 9.59 Å². The molecule has 1 aliphatic rings. The molecule has 0 saturated carbocycles. The Morgan fingerprint density at radius 2 is 1.85 bits per heavy atom. The molecule has 2 amide bonds. The van der Waals surface area contributed by atoms with E-state index in [-0.39, 0.29) is 23.3 Å². The number of aromatic nitrogens is 2. The Morgan fingerprint density at radius 1 is 1.12 bits per heavy atom. The van der Waals surface area contributed by atoms with E-state index in [9.17, 15) is 14.4 Å². The zero-order valence-electron chi connectivity index (χ0n) is 18.9. The van der Waals surface area contributed by atoms with Gasteiger partial charge < -0.3 is 15.2 Å². The molecule has 0 fully saturated rings. The summed E-state index contributed by atoms with van der Waals surface area (Å²) in [5.41, 5.74) is 3.22. The lowest BCUT2D eigenvalue weighted by Gasteiger charge is -2.24. The third-order valence-electron chi connectivity index (χ3n) is 6.24. The first kappa shape index (κ1) is 22.0. The summed E-state index contributed by atoms with van der Waals surface area (Å²) >= 11 is 1.23. The number of rotatable bonds is 6. The molecule has 0 spiro atoms. The van der Waals surface area contributed by atoms with Crippen LogP contribution in [0.5, 0.6) is 0 Å². The van der Waals surface area contributed by atoms with Gasteiger partial charge in [0.25, 0.3) is 17.4 Å². The van der Waals surface area contributed by atoms with E-state index in [4.69, 9.17) is 0 Å². The van der Waals surface area contributed by atoms with E-state index in [2.05, 4.69) is 15.3 Å². The number of aromatic amines is 1. The molecular formula is C26H24N4O3S. The molecule has 2 aromatic heterocycles. The van der Waals surface area contributed by atoms with Crippen molar-refractivity contribution in [2.24, 2.45) is 0 Å². The third-order valence-corrected chi connectivity index (χ3v) is 7.43. The van der Waals surface area contributed by atoms with Crippen LogP contribution in [0.25, 0.3) is 10.2 Å². The molecule has 2 N–H and O–H groups in total. The molecule has 34 heavy (non-hydrogen) atoms. The molecule has 1 unspecified atom stereocenters. The van der Waals surface area contributed by atoms with Gasteiger partial charge in [-0.05, 0) is 36.6 Å². The van der Waals surface area contributed by atoms with Gasteiger partial charge >= 0.3 is 0 Å². The average molecular weight is 473 g/mol. The molecule has 0 aliphatic carbocycles. The van der Waals surface area contributed by atoms with Crippen molar-refractivity contribution in [3.05, 3.63) is 97.9 Å². The van der Waals surface area contributed by atoms with E-state index in [1.54, 1.807) is 13.8 Å². The maximum atomic E-state index is 13.1. The Labute approximate surface area is 200 Å². The summed E-state index contributed by atoms with van der Waals surface area (Å²) in [6.45, 7) is 4.91. The Morgan fingerprint density at radius 3 is 2.62 bits per heavy atom. The number of aryl methyl sites for hydroxylation is 2. The number of carbonyl (C=O) groups excluding carboxylic acids is 2. The Bertz CT molecular complexity index is 1460. The number of hydrogen-bond acceptors (Lipinski definition) is 5. The predicted molar refractivity (Wildman–Crippen MR) is 132 cm³/mol. The first-order valence-electron chi connectivity index (χ1n) is 11.1. The minimum absolute atomic E-state index is 0.0175. The molecule has 1 aliphatic heterocycles. The normalized spacial score (nSPS) is 13.8.